The van der Waals surface area contributed by atoms with Crippen molar-refractivity contribution < 1.29 is 23.5 Å². The molecule has 2 N–H and O–H groups in total. The highest BCUT2D eigenvalue weighted by atomic mass is 19.1. The average Bonchev–Trinajstić information content (AvgIpc) is 3.79. The van der Waals surface area contributed by atoms with Crippen LogP contribution in [-0.4, -0.2) is 66.2 Å². The number of carbonyl (C=O) groups is 2. The van der Waals surface area contributed by atoms with E-state index in [1.807, 2.05) is 77.9 Å². The number of rotatable bonds is 3. The predicted octanol–water partition coefficient (Wildman–Crippen LogP) is 8.54. The zero-order chi connectivity index (χ0) is 33.2. The van der Waals surface area contributed by atoms with Crippen molar-refractivity contribution >= 4 is 45.0 Å². The molecular formula is C36H41FN6O4. The molecule has 2 aliphatic rings. The van der Waals surface area contributed by atoms with E-state index in [0.29, 0.717) is 30.0 Å². The van der Waals surface area contributed by atoms with Crippen molar-refractivity contribution in [1.82, 2.24) is 29.7 Å². The molecule has 5 aromatic rings. The molecule has 0 saturated carbocycles. The van der Waals surface area contributed by atoms with Crippen molar-refractivity contribution in [3.63, 3.8) is 0 Å². The fourth-order valence-electron chi connectivity index (χ4n) is 6.76. The Kier molecular flexibility index (Phi) is 7.40. The molecular weight excluding hydrogens is 599 g/mol. The van der Waals surface area contributed by atoms with E-state index < -0.39 is 17.0 Å². The lowest BCUT2D eigenvalue weighted by atomic mass is 10.00. The van der Waals surface area contributed by atoms with Gasteiger partial charge in [0.15, 0.2) is 5.82 Å². The van der Waals surface area contributed by atoms with Crippen LogP contribution in [0.5, 0.6) is 0 Å². The van der Waals surface area contributed by atoms with Gasteiger partial charge < -0.3 is 19.4 Å². The van der Waals surface area contributed by atoms with E-state index in [0.717, 1.165) is 58.9 Å². The first kappa shape index (κ1) is 31.0. The molecule has 2 fully saturated rings. The number of imidazole rings is 2. The van der Waals surface area contributed by atoms with E-state index >= 15 is 4.39 Å². The SMILES string of the molecule is CC(C)(C)OC(=O)N1CCC[C@H]1c1nc2c(F)cc(-c3ccc4c(ccc5[nH]c([C@@H]6CCCN6C(=O)OC(C)(C)C)nc54)c3)cc2[nH]1. The molecule has 11 heteroatoms. The average molecular weight is 641 g/mol. The lowest BCUT2D eigenvalue weighted by Crippen LogP contribution is -2.36. The second kappa shape index (κ2) is 11.2. The van der Waals surface area contributed by atoms with E-state index in [1.54, 1.807) is 9.80 Å². The minimum absolute atomic E-state index is 0.180. The molecule has 2 atom stereocenters. The zero-order valence-electron chi connectivity index (χ0n) is 27.7. The fraction of sp³-hybridized carbons (Fsp3) is 0.444. The van der Waals surface area contributed by atoms with Gasteiger partial charge in [-0.2, -0.15) is 0 Å². The van der Waals surface area contributed by atoms with Crippen LogP contribution in [0.15, 0.2) is 42.5 Å². The summed E-state index contributed by atoms with van der Waals surface area (Å²) in [6.07, 6.45) is 2.52. The Morgan fingerprint density at radius 1 is 0.745 bits per heavy atom. The van der Waals surface area contributed by atoms with Crippen LogP contribution in [0, 0.1) is 5.82 Å². The third kappa shape index (κ3) is 5.99. The normalized spacial score (nSPS) is 19.0. The number of amides is 2. The number of likely N-dealkylation sites (tertiary alicyclic amines) is 2. The maximum Gasteiger partial charge on any atom is 0.410 e. The van der Waals surface area contributed by atoms with Crippen molar-refractivity contribution in [2.24, 2.45) is 0 Å². The number of aromatic nitrogens is 4. The molecule has 0 radical (unpaired) electrons. The van der Waals surface area contributed by atoms with Crippen LogP contribution in [0.4, 0.5) is 14.0 Å². The van der Waals surface area contributed by atoms with Crippen LogP contribution in [-0.2, 0) is 9.47 Å². The Bertz CT molecular complexity index is 2020. The lowest BCUT2D eigenvalue weighted by molar-refractivity contribution is 0.0208. The maximum atomic E-state index is 15.5. The molecule has 0 spiro atoms. The summed E-state index contributed by atoms with van der Waals surface area (Å²) in [5.74, 6) is 0.873. The Labute approximate surface area is 272 Å². The van der Waals surface area contributed by atoms with Gasteiger partial charge in [-0.05, 0) is 108 Å². The van der Waals surface area contributed by atoms with Crippen LogP contribution in [0.2, 0.25) is 0 Å². The number of hydrogen-bond donors (Lipinski definition) is 2. The van der Waals surface area contributed by atoms with Gasteiger partial charge in [0.1, 0.15) is 28.4 Å². The smallest absolute Gasteiger partial charge is 0.410 e. The number of hydrogen-bond acceptors (Lipinski definition) is 6. The minimum atomic E-state index is -0.608. The van der Waals surface area contributed by atoms with Gasteiger partial charge in [-0.15, -0.1) is 0 Å². The quantitative estimate of drug-likeness (QED) is 0.204. The molecule has 246 valence electrons. The van der Waals surface area contributed by atoms with E-state index in [9.17, 15) is 9.59 Å². The number of ether oxygens (including phenoxy) is 2. The highest BCUT2D eigenvalue weighted by Crippen LogP contribution is 2.37. The van der Waals surface area contributed by atoms with Crippen molar-refractivity contribution in [3.8, 4) is 11.1 Å². The second-order valence-corrected chi connectivity index (χ2v) is 14.7. The summed E-state index contributed by atoms with van der Waals surface area (Å²) in [5.41, 5.74) is 2.92. The van der Waals surface area contributed by atoms with Gasteiger partial charge in [0.25, 0.3) is 0 Å². The summed E-state index contributed by atoms with van der Waals surface area (Å²) in [5, 5.41) is 1.93. The lowest BCUT2D eigenvalue weighted by Gasteiger charge is -2.27. The Morgan fingerprint density at radius 2 is 1.32 bits per heavy atom. The number of H-pyrrole nitrogens is 2. The monoisotopic (exact) mass is 640 g/mol. The number of halogens is 1. The van der Waals surface area contributed by atoms with Gasteiger partial charge >= 0.3 is 12.2 Å². The Hall–Kier alpha value is -4.67. The molecule has 0 aliphatic carbocycles. The highest BCUT2D eigenvalue weighted by Gasteiger charge is 2.36. The molecule has 4 heterocycles. The molecule has 2 saturated heterocycles. The number of carbonyl (C=O) groups excluding carboxylic acids is 2. The molecule has 47 heavy (non-hydrogen) atoms. The molecule has 0 bridgehead atoms. The number of nitrogens with zero attached hydrogens (tertiary/aromatic N) is 4. The van der Waals surface area contributed by atoms with Crippen molar-refractivity contribution in [2.45, 2.75) is 90.5 Å². The van der Waals surface area contributed by atoms with Gasteiger partial charge in [0.2, 0.25) is 0 Å². The van der Waals surface area contributed by atoms with Crippen LogP contribution in [0.3, 0.4) is 0 Å². The van der Waals surface area contributed by atoms with Crippen LogP contribution >= 0.6 is 0 Å². The van der Waals surface area contributed by atoms with Crippen LogP contribution < -0.4 is 0 Å². The standard InChI is InChI=1S/C36H41FN6O4/c1-35(2,3)46-33(44)42-15-7-9-27(42)31-38-25-14-12-21-17-20(11-13-23(21)29(25)40-31)22-18-24(37)30-26(19-22)39-32(41-30)28-10-8-16-43(28)34(45)47-36(4,5)6/h11-14,17-19,27-28H,7-10,15-16H2,1-6H3,(H,38,40)(H,39,41)/t27-,28-/m0/s1. The predicted molar refractivity (Wildman–Crippen MR) is 178 cm³/mol. The van der Waals surface area contributed by atoms with Gasteiger partial charge in [-0.1, -0.05) is 18.2 Å². The summed E-state index contributed by atoms with van der Waals surface area (Å²) < 4.78 is 26.8. The fourth-order valence-corrected chi connectivity index (χ4v) is 6.76. The van der Waals surface area contributed by atoms with Crippen LogP contribution in [0.1, 0.15) is 91.0 Å². The van der Waals surface area contributed by atoms with Gasteiger partial charge in [0, 0.05) is 18.5 Å². The van der Waals surface area contributed by atoms with Gasteiger partial charge in [-0.25, -0.2) is 23.9 Å². The summed E-state index contributed by atoms with van der Waals surface area (Å²) >= 11 is 0. The highest BCUT2D eigenvalue weighted by molar-refractivity contribution is 6.05. The summed E-state index contributed by atoms with van der Waals surface area (Å²) in [4.78, 5) is 45.5. The van der Waals surface area contributed by atoms with E-state index in [-0.39, 0.29) is 29.8 Å². The molecule has 7 rings (SSSR count). The second-order valence-electron chi connectivity index (χ2n) is 14.7. The van der Waals surface area contributed by atoms with Crippen molar-refractivity contribution in [1.29, 1.82) is 0 Å². The third-order valence-electron chi connectivity index (χ3n) is 8.77. The summed E-state index contributed by atoms with van der Waals surface area (Å²) in [7, 11) is 0. The topological polar surface area (TPSA) is 116 Å². The van der Waals surface area contributed by atoms with E-state index in [4.69, 9.17) is 14.5 Å². The maximum absolute atomic E-state index is 15.5. The number of benzene rings is 3. The molecule has 2 aliphatic heterocycles. The van der Waals surface area contributed by atoms with Gasteiger partial charge in [-0.3, -0.25) is 9.80 Å². The number of nitrogens with one attached hydrogen (secondary N) is 2. The molecule has 2 amide bonds. The zero-order valence-corrected chi connectivity index (χ0v) is 27.7. The molecule has 0 unspecified atom stereocenters. The van der Waals surface area contributed by atoms with Gasteiger partial charge in [0.05, 0.1) is 28.6 Å². The molecule has 3 aromatic carbocycles. The first-order chi connectivity index (χ1) is 22.2. The number of aromatic amines is 2. The van der Waals surface area contributed by atoms with Crippen molar-refractivity contribution in [3.05, 3.63) is 59.9 Å². The summed E-state index contributed by atoms with van der Waals surface area (Å²) in [6.45, 7) is 12.3. The van der Waals surface area contributed by atoms with Crippen molar-refractivity contribution in [2.75, 3.05) is 13.1 Å². The largest absolute Gasteiger partial charge is 0.444 e. The Balaban J connectivity index is 1.18. The molecule has 10 nitrogen and oxygen atoms in total. The first-order valence-electron chi connectivity index (χ1n) is 16.4. The van der Waals surface area contributed by atoms with E-state index in [1.165, 1.54) is 6.07 Å². The van der Waals surface area contributed by atoms with E-state index in [2.05, 4.69) is 15.0 Å². The number of fused-ring (bicyclic) bond motifs is 4. The molecule has 2 aromatic heterocycles. The van der Waals surface area contributed by atoms with Crippen LogP contribution in [0.25, 0.3) is 44.0 Å². The third-order valence-corrected chi connectivity index (χ3v) is 8.77. The summed E-state index contributed by atoms with van der Waals surface area (Å²) in [6, 6.07) is 13.0. The Morgan fingerprint density at radius 3 is 1.91 bits per heavy atom. The minimum Gasteiger partial charge on any atom is -0.444 e. The first-order valence-corrected chi connectivity index (χ1v) is 16.4.